The minimum atomic E-state index is -0.0109. The van der Waals surface area contributed by atoms with Gasteiger partial charge in [-0.15, -0.1) is 0 Å². The van der Waals surface area contributed by atoms with Gasteiger partial charge in [-0.3, -0.25) is 4.79 Å². The number of hydrogen-bond acceptors (Lipinski definition) is 4. The molecule has 1 aromatic heterocycles. The lowest BCUT2D eigenvalue weighted by atomic mass is 10.1. The van der Waals surface area contributed by atoms with Crippen LogP contribution in [0.15, 0.2) is 42.6 Å². The van der Waals surface area contributed by atoms with Crippen LogP contribution >= 0.6 is 0 Å². The maximum Gasteiger partial charge on any atom is 0.253 e. The van der Waals surface area contributed by atoms with Crippen LogP contribution in [0.5, 0.6) is 0 Å². The first-order chi connectivity index (χ1) is 10.1. The fourth-order valence-corrected chi connectivity index (χ4v) is 1.78. The first kappa shape index (κ1) is 14.5. The Morgan fingerprint density at radius 1 is 1.24 bits per heavy atom. The molecule has 0 atom stereocenters. The molecule has 0 aliphatic rings. The Labute approximate surface area is 123 Å². The molecule has 0 aliphatic carbocycles. The molecule has 106 valence electrons. The SMILES string of the molecule is CN(C)C(=O)c1ccc(CNc2ccc(C#N)cn2)cc1. The number of carbonyl (C=O) groups excluding carboxylic acids is 1. The van der Waals surface area contributed by atoms with Gasteiger partial charge in [-0.2, -0.15) is 5.26 Å². The van der Waals surface area contributed by atoms with Gasteiger partial charge < -0.3 is 10.2 Å². The quantitative estimate of drug-likeness (QED) is 0.932. The van der Waals surface area contributed by atoms with Crippen molar-refractivity contribution in [2.45, 2.75) is 6.54 Å². The van der Waals surface area contributed by atoms with Crippen molar-refractivity contribution in [3.05, 3.63) is 59.3 Å². The Hall–Kier alpha value is -2.87. The predicted molar refractivity (Wildman–Crippen MR) is 80.7 cm³/mol. The summed E-state index contributed by atoms with van der Waals surface area (Å²) >= 11 is 0. The van der Waals surface area contributed by atoms with Crippen molar-refractivity contribution in [1.82, 2.24) is 9.88 Å². The number of rotatable bonds is 4. The smallest absolute Gasteiger partial charge is 0.253 e. The van der Waals surface area contributed by atoms with Crippen LogP contribution < -0.4 is 5.32 Å². The van der Waals surface area contributed by atoms with Gasteiger partial charge in [0.1, 0.15) is 11.9 Å². The van der Waals surface area contributed by atoms with Crippen LogP contribution in [0.2, 0.25) is 0 Å². The Morgan fingerprint density at radius 3 is 2.48 bits per heavy atom. The summed E-state index contributed by atoms with van der Waals surface area (Å²) in [4.78, 5) is 17.5. The predicted octanol–water partition coefficient (Wildman–Crippen LogP) is 2.27. The van der Waals surface area contributed by atoms with Crippen LogP contribution in [-0.2, 0) is 6.54 Å². The van der Waals surface area contributed by atoms with Crippen LogP contribution in [0.3, 0.4) is 0 Å². The largest absolute Gasteiger partial charge is 0.366 e. The van der Waals surface area contributed by atoms with E-state index in [1.165, 1.54) is 6.20 Å². The third kappa shape index (κ3) is 3.80. The number of hydrogen-bond donors (Lipinski definition) is 1. The summed E-state index contributed by atoms with van der Waals surface area (Å²) in [6.07, 6.45) is 1.53. The molecule has 1 aromatic carbocycles. The van der Waals surface area contributed by atoms with Crippen LogP contribution in [-0.4, -0.2) is 29.9 Å². The molecule has 5 heteroatoms. The number of pyridine rings is 1. The highest BCUT2D eigenvalue weighted by Crippen LogP contribution is 2.09. The van der Waals surface area contributed by atoms with E-state index in [0.717, 1.165) is 5.56 Å². The molecular formula is C16H16N4O. The average Bonchev–Trinajstić information content (AvgIpc) is 2.53. The van der Waals surface area contributed by atoms with E-state index in [1.54, 1.807) is 31.1 Å². The van der Waals surface area contributed by atoms with E-state index >= 15 is 0 Å². The molecule has 2 aromatic rings. The van der Waals surface area contributed by atoms with Crippen molar-refractivity contribution in [3.8, 4) is 6.07 Å². The number of nitrogens with one attached hydrogen (secondary N) is 1. The molecule has 0 saturated heterocycles. The van der Waals surface area contributed by atoms with Crippen LogP contribution in [0.4, 0.5) is 5.82 Å². The molecular weight excluding hydrogens is 264 g/mol. The number of carbonyl (C=O) groups is 1. The fourth-order valence-electron chi connectivity index (χ4n) is 1.78. The molecule has 2 rings (SSSR count). The Bertz CT molecular complexity index is 654. The second-order valence-electron chi connectivity index (χ2n) is 4.79. The van der Waals surface area contributed by atoms with Crippen LogP contribution in [0.25, 0.3) is 0 Å². The van der Waals surface area contributed by atoms with E-state index in [2.05, 4.69) is 10.3 Å². The first-order valence-electron chi connectivity index (χ1n) is 6.51. The molecule has 0 aliphatic heterocycles. The number of anilines is 1. The zero-order valence-electron chi connectivity index (χ0n) is 12.0. The fraction of sp³-hybridized carbons (Fsp3) is 0.188. The lowest BCUT2D eigenvalue weighted by Gasteiger charge is -2.11. The highest BCUT2D eigenvalue weighted by atomic mass is 16.2. The summed E-state index contributed by atoms with van der Waals surface area (Å²) in [5, 5.41) is 11.9. The number of benzene rings is 1. The molecule has 0 fully saturated rings. The third-order valence-corrected chi connectivity index (χ3v) is 2.97. The Balaban J connectivity index is 1.97. The van der Waals surface area contributed by atoms with Crippen LogP contribution in [0.1, 0.15) is 21.5 Å². The van der Waals surface area contributed by atoms with Crippen LogP contribution in [0, 0.1) is 11.3 Å². The summed E-state index contributed by atoms with van der Waals surface area (Å²) in [5.41, 5.74) is 2.25. The normalized spacial score (nSPS) is 9.76. The molecule has 21 heavy (non-hydrogen) atoms. The molecule has 0 unspecified atom stereocenters. The molecule has 0 bridgehead atoms. The van der Waals surface area contributed by atoms with E-state index in [-0.39, 0.29) is 5.91 Å². The average molecular weight is 280 g/mol. The van der Waals surface area contributed by atoms with Gasteiger partial charge in [-0.1, -0.05) is 12.1 Å². The first-order valence-corrected chi connectivity index (χ1v) is 6.51. The highest BCUT2D eigenvalue weighted by molar-refractivity contribution is 5.93. The van der Waals surface area contributed by atoms with Crippen molar-refractivity contribution < 1.29 is 4.79 Å². The number of amides is 1. The van der Waals surface area contributed by atoms with Gasteiger partial charge in [0.2, 0.25) is 0 Å². The van der Waals surface area contributed by atoms with Crippen molar-refractivity contribution in [3.63, 3.8) is 0 Å². The lowest BCUT2D eigenvalue weighted by Crippen LogP contribution is -2.21. The standard InChI is InChI=1S/C16H16N4O/c1-20(2)16(21)14-6-3-12(4-7-14)10-18-15-8-5-13(9-17)11-19-15/h3-8,11H,10H2,1-2H3,(H,18,19). The second-order valence-corrected chi connectivity index (χ2v) is 4.79. The van der Waals surface area contributed by atoms with Gasteiger partial charge in [0.25, 0.3) is 5.91 Å². The van der Waals surface area contributed by atoms with Crippen molar-refractivity contribution in [2.24, 2.45) is 0 Å². The van der Waals surface area contributed by atoms with E-state index < -0.39 is 0 Å². The summed E-state index contributed by atoms with van der Waals surface area (Å²) in [6.45, 7) is 0.606. The van der Waals surface area contributed by atoms with Crippen molar-refractivity contribution in [1.29, 1.82) is 5.26 Å². The van der Waals surface area contributed by atoms with Gasteiger partial charge >= 0.3 is 0 Å². The molecule has 0 saturated carbocycles. The Morgan fingerprint density at radius 2 is 1.95 bits per heavy atom. The van der Waals surface area contributed by atoms with E-state index in [4.69, 9.17) is 5.26 Å². The van der Waals surface area contributed by atoms with Gasteiger partial charge in [-0.05, 0) is 29.8 Å². The number of aromatic nitrogens is 1. The molecule has 1 N–H and O–H groups in total. The lowest BCUT2D eigenvalue weighted by molar-refractivity contribution is 0.0827. The van der Waals surface area contributed by atoms with Gasteiger partial charge in [0, 0.05) is 32.4 Å². The second kappa shape index (κ2) is 6.53. The minimum Gasteiger partial charge on any atom is -0.366 e. The molecule has 5 nitrogen and oxygen atoms in total. The number of nitriles is 1. The van der Waals surface area contributed by atoms with E-state index in [0.29, 0.717) is 23.5 Å². The summed E-state index contributed by atoms with van der Waals surface area (Å²) < 4.78 is 0. The molecule has 1 heterocycles. The summed E-state index contributed by atoms with van der Waals surface area (Å²) in [6, 6.07) is 13.0. The zero-order valence-corrected chi connectivity index (χ0v) is 12.0. The molecule has 1 amide bonds. The van der Waals surface area contributed by atoms with Gasteiger partial charge in [-0.25, -0.2) is 4.98 Å². The number of nitrogens with zero attached hydrogens (tertiary/aromatic N) is 3. The summed E-state index contributed by atoms with van der Waals surface area (Å²) in [7, 11) is 3.46. The van der Waals surface area contributed by atoms with Gasteiger partial charge in [0.05, 0.1) is 5.56 Å². The topological polar surface area (TPSA) is 69.0 Å². The van der Waals surface area contributed by atoms with Crippen molar-refractivity contribution in [2.75, 3.05) is 19.4 Å². The molecule has 0 spiro atoms. The third-order valence-electron chi connectivity index (χ3n) is 2.97. The van der Waals surface area contributed by atoms with Gasteiger partial charge in [0.15, 0.2) is 0 Å². The van der Waals surface area contributed by atoms with E-state index in [1.807, 2.05) is 30.3 Å². The van der Waals surface area contributed by atoms with E-state index in [9.17, 15) is 4.79 Å². The maximum atomic E-state index is 11.8. The highest BCUT2D eigenvalue weighted by Gasteiger charge is 2.07. The summed E-state index contributed by atoms with van der Waals surface area (Å²) in [5.74, 6) is 0.700. The zero-order chi connectivity index (χ0) is 15.2. The Kier molecular flexibility index (Phi) is 4.52. The monoisotopic (exact) mass is 280 g/mol. The minimum absolute atomic E-state index is 0.0109. The van der Waals surface area contributed by atoms with Crippen molar-refractivity contribution >= 4 is 11.7 Å². The maximum absolute atomic E-state index is 11.8. The molecule has 0 radical (unpaired) electrons.